The Labute approximate surface area is 123 Å². The summed E-state index contributed by atoms with van der Waals surface area (Å²) in [4.78, 5) is 15.2. The number of carbonyl (C=O) groups is 1. The highest BCUT2D eigenvalue weighted by atomic mass is 16.1. The van der Waals surface area contributed by atoms with Crippen molar-refractivity contribution in [2.24, 2.45) is 15.8 Å². The minimum absolute atomic E-state index is 0.161. The number of hydrogen-bond donors (Lipinski definition) is 2. The van der Waals surface area contributed by atoms with Crippen molar-refractivity contribution in [3.05, 3.63) is 71.8 Å². The van der Waals surface area contributed by atoms with Gasteiger partial charge in [0, 0.05) is 5.56 Å². The molecule has 0 atom stereocenters. The minimum atomic E-state index is 0.161. The summed E-state index contributed by atoms with van der Waals surface area (Å²) in [6.45, 7) is 0.455. The van der Waals surface area contributed by atoms with Crippen LogP contribution in [0.4, 0.5) is 0 Å². The number of nitrogens with one attached hydrogen (secondary N) is 1. The molecule has 0 aliphatic heterocycles. The predicted octanol–water partition coefficient (Wildman–Crippen LogP) is 1.69. The lowest BCUT2D eigenvalue weighted by atomic mass is 10.1. The number of rotatable bonds is 5. The van der Waals surface area contributed by atoms with Gasteiger partial charge >= 0.3 is 0 Å². The molecule has 0 amide bonds. The lowest BCUT2D eigenvalue weighted by Crippen LogP contribution is -2.28. The minimum Gasteiger partial charge on any atom is -0.369 e. The first-order chi connectivity index (χ1) is 10.3. The molecule has 0 aromatic heterocycles. The monoisotopic (exact) mass is 280 g/mol. The normalized spacial score (nSPS) is 12.0. The molecule has 106 valence electrons. The van der Waals surface area contributed by atoms with Gasteiger partial charge < -0.3 is 5.73 Å². The maximum atomic E-state index is 11.0. The second-order valence-corrected chi connectivity index (χ2v) is 4.28. The van der Waals surface area contributed by atoms with E-state index in [0.717, 1.165) is 11.1 Å². The third-order valence-corrected chi connectivity index (χ3v) is 2.75. The topological polar surface area (TPSA) is 79.8 Å². The molecule has 0 unspecified atom stereocenters. The van der Waals surface area contributed by atoms with Crippen molar-refractivity contribution in [1.82, 2.24) is 5.43 Å². The molecule has 2 aromatic carbocycles. The first-order valence-electron chi connectivity index (χ1n) is 6.48. The number of hydrazone groups is 1. The van der Waals surface area contributed by atoms with Crippen LogP contribution in [-0.2, 0) is 11.3 Å². The molecule has 21 heavy (non-hydrogen) atoms. The molecule has 0 saturated carbocycles. The third-order valence-electron chi connectivity index (χ3n) is 2.75. The van der Waals surface area contributed by atoms with E-state index < -0.39 is 0 Å². The summed E-state index contributed by atoms with van der Waals surface area (Å²) < 4.78 is 0. The van der Waals surface area contributed by atoms with Crippen molar-refractivity contribution in [1.29, 1.82) is 0 Å². The van der Waals surface area contributed by atoms with Gasteiger partial charge in [-0.15, -0.1) is 0 Å². The fourth-order valence-corrected chi connectivity index (χ4v) is 1.68. The zero-order chi connectivity index (χ0) is 14.9. The second kappa shape index (κ2) is 7.59. The number of aliphatic imine (C=N–C) groups is 1. The number of benzene rings is 2. The molecular weight excluding hydrogens is 264 g/mol. The Balaban J connectivity index is 2.00. The first-order valence-corrected chi connectivity index (χ1v) is 6.48. The van der Waals surface area contributed by atoms with Crippen molar-refractivity contribution >= 4 is 18.0 Å². The molecule has 0 saturated heterocycles. The van der Waals surface area contributed by atoms with Crippen LogP contribution in [0.3, 0.4) is 0 Å². The van der Waals surface area contributed by atoms with Crippen LogP contribution in [0.25, 0.3) is 0 Å². The highest BCUT2D eigenvalue weighted by Crippen LogP contribution is 2.00. The Kier molecular flexibility index (Phi) is 5.23. The SMILES string of the molecule is NC(=NCc1ccccc1)N/N=C(\C=O)c1ccccc1. The van der Waals surface area contributed by atoms with Crippen LogP contribution in [0.5, 0.6) is 0 Å². The largest absolute Gasteiger partial charge is 0.369 e. The lowest BCUT2D eigenvalue weighted by molar-refractivity contribution is -0.102. The van der Waals surface area contributed by atoms with Gasteiger partial charge in [-0.05, 0) is 5.56 Å². The fraction of sp³-hybridized carbons (Fsp3) is 0.0625. The van der Waals surface area contributed by atoms with Gasteiger partial charge in [0.25, 0.3) is 0 Å². The number of hydrogen-bond acceptors (Lipinski definition) is 3. The molecule has 0 heterocycles. The van der Waals surface area contributed by atoms with Crippen LogP contribution in [0.2, 0.25) is 0 Å². The van der Waals surface area contributed by atoms with E-state index in [-0.39, 0.29) is 11.7 Å². The van der Waals surface area contributed by atoms with Gasteiger partial charge in [-0.25, -0.2) is 10.4 Å². The molecule has 0 bridgehead atoms. The van der Waals surface area contributed by atoms with Crippen molar-refractivity contribution in [3.8, 4) is 0 Å². The van der Waals surface area contributed by atoms with Crippen LogP contribution in [-0.4, -0.2) is 18.0 Å². The van der Waals surface area contributed by atoms with Gasteiger partial charge in [0.15, 0.2) is 6.29 Å². The highest BCUT2D eigenvalue weighted by Gasteiger charge is 2.01. The predicted molar refractivity (Wildman–Crippen MR) is 83.9 cm³/mol. The summed E-state index contributed by atoms with van der Waals surface area (Å²) in [7, 11) is 0. The number of nitrogens with two attached hydrogens (primary N) is 1. The van der Waals surface area contributed by atoms with Crippen LogP contribution in [0.15, 0.2) is 70.8 Å². The molecule has 0 spiro atoms. The number of guanidine groups is 1. The Bertz CT molecular complexity index is 636. The summed E-state index contributed by atoms with van der Waals surface area (Å²) in [5.41, 5.74) is 10.3. The Hall–Kier alpha value is -2.95. The van der Waals surface area contributed by atoms with Crippen molar-refractivity contribution in [2.75, 3.05) is 0 Å². The van der Waals surface area contributed by atoms with Gasteiger partial charge in [-0.2, -0.15) is 5.10 Å². The van der Waals surface area contributed by atoms with E-state index in [0.29, 0.717) is 12.8 Å². The second-order valence-electron chi connectivity index (χ2n) is 4.28. The first kappa shape index (κ1) is 14.5. The quantitative estimate of drug-likeness (QED) is 0.378. The van der Waals surface area contributed by atoms with Crippen LogP contribution in [0, 0.1) is 0 Å². The van der Waals surface area contributed by atoms with Gasteiger partial charge in [0.2, 0.25) is 5.96 Å². The summed E-state index contributed by atoms with van der Waals surface area (Å²) in [6, 6.07) is 18.9. The number of aldehydes is 1. The van der Waals surface area contributed by atoms with E-state index in [4.69, 9.17) is 5.73 Å². The maximum Gasteiger partial charge on any atom is 0.209 e. The van der Waals surface area contributed by atoms with E-state index in [2.05, 4.69) is 15.5 Å². The number of carbonyl (C=O) groups excluding carboxylic acids is 1. The average molecular weight is 280 g/mol. The molecule has 0 aliphatic carbocycles. The smallest absolute Gasteiger partial charge is 0.209 e. The lowest BCUT2D eigenvalue weighted by Gasteiger charge is -2.02. The average Bonchev–Trinajstić information content (AvgIpc) is 2.55. The van der Waals surface area contributed by atoms with Crippen molar-refractivity contribution in [2.45, 2.75) is 6.54 Å². The van der Waals surface area contributed by atoms with Crippen molar-refractivity contribution in [3.63, 3.8) is 0 Å². The molecule has 0 aliphatic rings. The third kappa shape index (κ3) is 4.58. The van der Waals surface area contributed by atoms with E-state index in [1.54, 1.807) is 12.1 Å². The van der Waals surface area contributed by atoms with Crippen LogP contribution in [0.1, 0.15) is 11.1 Å². The number of nitrogens with zero attached hydrogens (tertiary/aromatic N) is 2. The van der Waals surface area contributed by atoms with Crippen LogP contribution < -0.4 is 11.2 Å². The Morgan fingerprint density at radius 2 is 1.67 bits per heavy atom. The zero-order valence-electron chi connectivity index (χ0n) is 11.4. The van der Waals surface area contributed by atoms with E-state index >= 15 is 0 Å². The van der Waals surface area contributed by atoms with Crippen molar-refractivity contribution < 1.29 is 4.79 Å². The Morgan fingerprint density at radius 1 is 1.05 bits per heavy atom. The summed E-state index contributed by atoms with van der Waals surface area (Å²) in [6.07, 6.45) is 0.673. The van der Waals surface area contributed by atoms with Crippen LogP contribution >= 0.6 is 0 Å². The van der Waals surface area contributed by atoms with Gasteiger partial charge in [-0.1, -0.05) is 60.7 Å². The van der Waals surface area contributed by atoms with Gasteiger partial charge in [0.05, 0.1) is 6.54 Å². The standard InChI is InChI=1S/C16H16N4O/c17-16(18-11-13-7-3-1-4-8-13)20-19-15(12-21)14-9-5-2-6-10-14/h1-10,12H,11H2,(H3,17,18,20)/b19-15+. The maximum absolute atomic E-state index is 11.0. The molecule has 0 radical (unpaired) electrons. The molecule has 2 rings (SSSR count). The van der Waals surface area contributed by atoms with Gasteiger partial charge in [0.1, 0.15) is 5.71 Å². The fourth-order valence-electron chi connectivity index (χ4n) is 1.68. The molecule has 0 fully saturated rings. The molecule has 3 N–H and O–H groups in total. The molecular formula is C16H16N4O. The molecule has 5 heteroatoms. The van der Waals surface area contributed by atoms with Gasteiger partial charge in [-0.3, -0.25) is 4.79 Å². The van der Waals surface area contributed by atoms with E-state index in [1.807, 2.05) is 48.5 Å². The van der Waals surface area contributed by atoms with E-state index in [1.165, 1.54) is 0 Å². The summed E-state index contributed by atoms with van der Waals surface area (Å²) in [5.74, 6) is 0.161. The summed E-state index contributed by atoms with van der Waals surface area (Å²) >= 11 is 0. The highest BCUT2D eigenvalue weighted by molar-refractivity contribution is 6.36. The zero-order valence-corrected chi connectivity index (χ0v) is 11.4. The molecule has 5 nitrogen and oxygen atoms in total. The summed E-state index contributed by atoms with van der Waals surface area (Å²) in [5, 5.41) is 3.97. The molecule has 2 aromatic rings. The van der Waals surface area contributed by atoms with E-state index in [9.17, 15) is 4.79 Å². The Morgan fingerprint density at radius 3 is 2.29 bits per heavy atom.